The van der Waals surface area contributed by atoms with Crippen LogP contribution in [0.2, 0.25) is 0 Å². The van der Waals surface area contributed by atoms with Gasteiger partial charge in [-0.25, -0.2) is 4.98 Å². The molecule has 2 nitrogen and oxygen atoms in total. The molecule has 0 aliphatic rings. The van der Waals surface area contributed by atoms with Crippen molar-refractivity contribution in [2.75, 3.05) is 18.0 Å². The highest BCUT2D eigenvalue weighted by atomic mass is 15.1. The highest BCUT2D eigenvalue weighted by Crippen LogP contribution is 2.26. The Bertz CT molecular complexity index is 826. The van der Waals surface area contributed by atoms with Crippen molar-refractivity contribution >= 4 is 16.6 Å². The van der Waals surface area contributed by atoms with Crippen molar-refractivity contribution in [1.82, 2.24) is 4.98 Å². The molecule has 25 heavy (non-hydrogen) atoms. The molecule has 2 aromatic carbocycles. The average molecular weight is 332 g/mol. The second-order valence-electron chi connectivity index (χ2n) is 7.63. The van der Waals surface area contributed by atoms with Crippen molar-refractivity contribution in [2.24, 2.45) is 11.8 Å². The van der Waals surface area contributed by atoms with Gasteiger partial charge in [0.15, 0.2) is 0 Å². The van der Waals surface area contributed by atoms with Crippen LogP contribution in [0.5, 0.6) is 0 Å². The fourth-order valence-corrected chi connectivity index (χ4v) is 3.26. The van der Waals surface area contributed by atoms with E-state index in [2.05, 4.69) is 87.2 Å². The van der Waals surface area contributed by atoms with E-state index >= 15 is 0 Å². The molecule has 0 aliphatic heterocycles. The van der Waals surface area contributed by atoms with Gasteiger partial charge in [-0.05, 0) is 36.1 Å². The lowest BCUT2D eigenvalue weighted by molar-refractivity contribution is 0.553. The zero-order valence-corrected chi connectivity index (χ0v) is 15.7. The summed E-state index contributed by atoms with van der Waals surface area (Å²) in [4.78, 5) is 7.35. The number of hydrogen-bond donors (Lipinski definition) is 0. The summed E-state index contributed by atoms with van der Waals surface area (Å²) in [7, 11) is 0. The van der Waals surface area contributed by atoms with Gasteiger partial charge < -0.3 is 4.90 Å². The first-order valence-electron chi connectivity index (χ1n) is 9.24. The molecule has 0 saturated carbocycles. The molecule has 0 saturated heterocycles. The Morgan fingerprint density at radius 3 is 2.24 bits per heavy atom. The van der Waals surface area contributed by atoms with Crippen LogP contribution in [0.1, 0.15) is 27.7 Å². The van der Waals surface area contributed by atoms with Gasteiger partial charge in [-0.2, -0.15) is 0 Å². The number of aromatic nitrogens is 1. The van der Waals surface area contributed by atoms with E-state index in [0.717, 1.165) is 24.3 Å². The predicted octanol–water partition coefficient (Wildman–Crippen LogP) is 6.02. The van der Waals surface area contributed by atoms with Gasteiger partial charge in [0.25, 0.3) is 0 Å². The number of benzene rings is 2. The van der Waals surface area contributed by atoms with Crippen molar-refractivity contribution in [3.05, 3.63) is 60.7 Å². The van der Waals surface area contributed by atoms with Crippen LogP contribution in [-0.4, -0.2) is 18.1 Å². The van der Waals surface area contributed by atoms with E-state index < -0.39 is 0 Å². The molecule has 0 spiro atoms. The highest BCUT2D eigenvalue weighted by molar-refractivity contribution is 5.81. The number of fused-ring (bicyclic) bond motifs is 1. The summed E-state index contributed by atoms with van der Waals surface area (Å²) in [5.41, 5.74) is 4.55. The third-order valence-corrected chi connectivity index (χ3v) is 4.28. The molecule has 0 atom stereocenters. The monoisotopic (exact) mass is 332 g/mol. The summed E-state index contributed by atoms with van der Waals surface area (Å²) in [5.74, 6) is 1.28. The van der Waals surface area contributed by atoms with Crippen LogP contribution < -0.4 is 4.90 Å². The molecule has 0 unspecified atom stereocenters. The number of pyridine rings is 1. The largest absolute Gasteiger partial charge is 0.371 e. The van der Waals surface area contributed by atoms with E-state index in [0.29, 0.717) is 11.8 Å². The summed E-state index contributed by atoms with van der Waals surface area (Å²) < 4.78 is 0. The Hall–Kier alpha value is -2.35. The van der Waals surface area contributed by atoms with Gasteiger partial charge in [-0.15, -0.1) is 0 Å². The van der Waals surface area contributed by atoms with Gasteiger partial charge in [-0.3, -0.25) is 0 Å². The lowest BCUT2D eigenvalue weighted by atomic mass is 10.1. The van der Waals surface area contributed by atoms with Crippen molar-refractivity contribution in [1.29, 1.82) is 0 Å². The molecular formula is C23H28N2. The first kappa shape index (κ1) is 17.5. The van der Waals surface area contributed by atoms with Gasteiger partial charge in [0.2, 0.25) is 0 Å². The SMILES string of the molecule is CC(C)CN(CC(C)C)c1cccc(-c2ccc3ccccc3n2)c1. The highest BCUT2D eigenvalue weighted by Gasteiger charge is 2.12. The lowest BCUT2D eigenvalue weighted by Crippen LogP contribution is -2.31. The summed E-state index contributed by atoms with van der Waals surface area (Å²) in [6.07, 6.45) is 0. The Labute approximate surface area is 151 Å². The van der Waals surface area contributed by atoms with Gasteiger partial charge in [0, 0.05) is 29.7 Å². The zero-order chi connectivity index (χ0) is 17.8. The van der Waals surface area contributed by atoms with E-state index in [9.17, 15) is 0 Å². The summed E-state index contributed by atoms with van der Waals surface area (Å²) >= 11 is 0. The topological polar surface area (TPSA) is 16.1 Å². The Balaban J connectivity index is 1.95. The Morgan fingerprint density at radius 1 is 0.800 bits per heavy atom. The van der Waals surface area contributed by atoms with Gasteiger partial charge in [0.05, 0.1) is 11.2 Å². The van der Waals surface area contributed by atoms with Gasteiger partial charge in [-0.1, -0.05) is 64.1 Å². The van der Waals surface area contributed by atoms with Crippen molar-refractivity contribution < 1.29 is 0 Å². The maximum atomic E-state index is 4.85. The molecule has 0 fully saturated rings. The third kappa shape index (κ3) is 4.39. The van der Waals surface area contributed by atoms with Gasteiger partial charge >= 0.3 is 0 Å². The molecule has 1 aromatic heterocycles. The normalized spacial score (nSPS) is 11.4. The van der Waals surface area contributed by atoms with Crippen molar-refractivity contribution in [3.8, 4) is 11.3 Å². The van der Waals surface area contributed by atoms with Crippen LogP contribution in [-0.2, 0) is 0 Å². The molecule has 0 radical (unpaired) electrons. The van der Waals surface area contributed by atoms with Crippen molar-refractivity contribution in [2.45, 2.75) is 27.7 Å². The Kier molecular flexibility index (Phi) is 5.37. The van der Waals surface area contributed by atoms with Crippen LogP contribution in [0.15, 0.2) is 60.7 Å². The molecule has 130 valence electrons. The molecule has 0 N–H and O–H groups in total. The fourth-order valence-electron chi connectivity index (χ4n) is 3.26. The summed E-state index contributed by atoms with van der Waals surface area (Å²) in [5, 5.41) is 1.18. The third-order valence-electron chi connectivity index (χ3n) is 4.28. The number of rotatable bonds is 6. The fraction of sp³-hybridized carbons (Fsp3) is 0.348. The number of para-hydroxylation sites is 1. The quantitative estimate of drug-likeness (QED) is 0.548. The zero-order valence-electron chi connectivity index (χ0n) is 15.7. The number of hydrogen-bond acceptors (Lipinski definition) is 2. The van der Waals surface area contributed by atoms with Crippen LogP contribution in [0.4, 0.5) is 5.69 Å². The maximum absolute atomic E-state index is 4.85. The molecule has 3 aromatic rings. The summed E-state index contributed by atoms with van der Waals surface area (Å²) in [6, 6.07) is 21.4. The maximum Gasteiger partial charge on any atom is 0.0710 e. The van der Waals surface area contributed by atoms with E-state index in [1.165, 1.54) is 16.6 Å². The minimum atomic E-state index is 0.640. The number of anilines is 1. The predicted molar refractivity (Wildman–Crippen MR) is 109 cm³/mol. The second kappa shape index (κ2) is 7.69. The first-order valence-corrected chi connectivity index (χ1v) is 9.24. The first-order chi connectivity index (χ1) is 12.0. The minimum Gasteiger partial charge on any atom is -0.371 e. The minimum absolute atomic E-state index is 0.640. The van der Waals surface area contributed by atoms with E-state index in [1.54, 1.807) is 0 Å². The van der Waals surface area contributed by atoms with Crippen LogP contribution in [0, 0.1) is 11.8 Å². The summed E-state index contributed by atoms with van der Waals surface area (Å²) in [6.45, 7) is 11.3. The second-order valence-corrected chi connectivity index (χ2v) is 7.63. The van der Waals surface area contributed by atoms with E-state index in [-0.39, 0.29) is 0 Å². The number of nitrogens with zero attached hydrogens (tertiary/aromatic N) is 2. The Morgan fingerprint density at radius 2 is 1.52 bits per heavy atom. The molecule has 0 amide bonds. The van der Waals surface area contributed by atoms with E-state index in [4.69, 9.17) is 4.98 Å². The smallest absolute Gasteiger partial charge is 0.0710 e. The molecule has 0 bridgehead atoms. The molecular weight excluding hydrogens is 304 g/mol. The molecule has 0 aliphatic carbocycles. The lowest BCUT2D eigenvalue weighted by Gasteiger charge is -2.29. The van der Waals surface area contributed by atoms with Crippen molar-refractivity contribution in [3.63, 3.8) is 0 Å². The molecule has 1 heterocycles. The van der Waals surface area contributed by atoms with Crippen LogP contribution in [0.3, 0.4) is 0 Å². The molecule has 3 rings (SSSR count). The molecule has 2 heteroatoms. The average Bonchev–Trinajstić information content (AvgIpc) is 2.60. The van der Waals surface area contributed by atoms with Gasteiger partial charge in [0.1, 0.15) is 0 Å². The standard InChI is InChI=1S/C23H28N2/c1-17(2)15-25(16-18(3)4)21-10-7-9-20(14-21)23-13-12-19-8-5-6-11-22(19)24-23/h5-14,17-18H,15-16H2,1-4H3. The van der Waals surface area contributed by atoms with Crippen LogP contribution >= 0.6 is 0 Å². The van der Waals surface area contributed by atoms with E-state index in [1.807, 2.05) is 6.07 Å². The van der Waals surface area contributed by atoms with Crippen LogP contribution in [0.25, 0.3) is 22.2 Å².